The molecule has 0 aliphatic heterocycles. The molecule has 1 saturated carbocycles. The lowest BCUT2D eigenvalue weighted by Crippen LogP contribution is -2.12. The standard InChI is InChI=1S/C24H23F3/c1-2-15-3-5-16(6-4-15)17-7-8-19-12-20(10-9-18(19)11-17)21-13-22(25)24(27)23(26)14-21/h7-16H,2-6H2,1H3/t15-,16-. The van der Waals surface area contributed by atoms with Crippen molar-refractivity contribution in [2.24, 2.45) is 5.92 Å². The maximum absolute atomic E-state index is 13.5. The topological polar surface area (TPSA) is 0 Å². The van der Waals surface area contributed by atoms with Gasteiger partial charge in [0, 0.05) is 0 Å². The van der Waals surface area contributed by atoms with E-state index >= 15 is 0 Å². The van der Waals surface area contributed by atoms with E-state index in [1.54, 1.807) is 0 Å². The van der Waals surface area contributed by atoms with Crippen molar-refractivity contribution in [3.05, 3.63) is 71.5 Å². The first-order valence-corrected chi connectivity index (χ1v) is 9.73. The number of benzene rings is 3. The van der Waals surface area contributed by atoms with Crippen molar-refractivity contribution in [2.45, 2.75) is 44.9 Å². The highest BCUT2D eigenvalue weighted by molar-refractivity contribution is 5.88. The summed E-state index contributed by atoms with van der Waals surface area (Å²) in [6, 6.07) is 14.3. The van der Waals surface area contributed by atoms with Gasteiger partial charge < -0.3 is 0 Å². The van der Waals surface area contributed by atoms with Gasteiger partial charge in [-0.05, 0) is 83.2 Å². The minimum absolute atomic E-state index is 0.343. The third-order valence-electron chi connectivity index (χ3n) is 6.08. The Bertz CT molecular complexity index is 946. The molecule has 27 heavy (non-hydrogen) atoms. The summed E-state index contributed by atoms with van der Waals surface area (Å²) >= 11 is 0. The van der Waals surface area contributed by atoms with E-state index in [-0.39, 0.29) is 0 Å². The van der Waals surface area contributed by atoms with Gasteiger partial charge in [0.25, 0.3) is 0 Å². The fraction of sp³-hybridized carbons (Fsp3) is 0.333. The molecule has 140 valence electrons. The Kier molecular flexibility index (Phi) is 4.94. The first kappa shape index (κ1) is 18.1. The van der Waals surface area contributed by atoms with Gasteiger partial charge in [0.15, 0.2) is 17.5 Å². The van der Waals surface area contributed by atoms with Crippen LogP contribution < -0.4 is 0 Å². The van der Waals surface area contributed by atoms with Gasteiger partial charge in [-0.1, -0.05) is 43.7 Å². The monoisotopic (exact) mass is 368 g/mol. The molecule has 0 spiro atoms. The molecule has 0 aromatic heterocycles. The number of fused-ring (bicyclic) bond motifs is 1. The van der Waals surface area contributed by atoms with Gasteiger partial charge in [-0.25, -0.2) is 13.2 Å². The molecule has 0 N–H and O–H groups in total. The first-order valence-electron chi connectivity index (χ1n) is 9.73. The molecule has 0 unspecified atom stereocenters. The van der Waals surface area contributed by atoms with Crippen LogP contribution in [0, 0.1) is 23.4 Å². The van der Waals surface area contributed by atoms with Crippen molar-refractivity contribution in [1.82, 2.24) is 0 Å². The lowest BCUT2D eigenvalue weighted by atomic mass is 9.77. The summed E-state index contributed by atoms with van der Waals surface area (Å²) in [7, 11) is 0. The van der Waals surface area contributed by atoms with Gasteiger partial charge in [0.2, 0.25) is 0 Å². The average Bonchev–Trinajstić information content (AvgIpc) is 2.71. The van der Waals surface area contributed by atoms with Crippen LogP contribution in [0.15, 0.2) is 48.5 Å². The lowest BCUT2D eigenvalue weighted by molar-refractivity contribution is 0.319. The molecule has 0 amide bonds. The van der Waals surface area contributed by atoms with Crippen molar-refractivity contribution in [3.63, 3.8) is 0 Å². The van der Waals surface area contributed by atoms with Gasteiger partial charge >= 0.3 is 0 Å². The molecular weight excluding hydrogens is 345 g/mol. The molecule has 3 aromatic rings. The third-order valence-corrected chi connectivity index (χ3v) is 6.08. The van der Waals surface area contributed by atoms with Gasteiger partial charge in [-0.15, -0.1) is 0 Å². The Balaban J connectivity index is 1.63. The molecule has 3 aromatic carbocycles. The minimum Gasteiger partial charge on any atom is -0.204 e. The predicted molar refractivity (Wildman–Crippen MR) is 104 cm³/mol. The summed E-state index contributed by atoms with van der Waals surface area (Å²) < 4.78 is 40.3. The van der Waals surface area contributed by atoms with Crippen molar-refractivity contribution < 1.29 is 13.2 Å². The van der Waals surface area contributed by atoms with Crippen LogP contribution in [-0.4, -0.2) is 0 Å². The van der Waals surface area contributed by atoms with Crippen LogP contribution in [0.2, 0.25) is 0 Å². The Labute approximate surface area is 158 Å². The zero-order chi connectivity index (χ0) is 19.0. The molecule has 1 aliphatic carbocycles. The van der Waals surface area contributed by atoms with Crippen molar-refractivity contribution in [3.8, 4) is 11.1 Å². The summed E-state index contributed by atoms with van der Waals surface area (Å²) in [4.78, 5) is 0. The zero-order valence-electron chi connectivity index (χ0n) is 15.4. The molecule has 1 aliphatic rings. The molecule has 1 fully saturated rings. The maximum Gasteiger partial charge on any atom is 0.194 e. The minimum atomic E-state index is -1.43. The van der Waals surface area contributed by atoms with Crippen LogP contribution in [0.4, 0.5) is 13.2 Å². The summed E-state index contributed by atoms with van der Waals surface area (Å²) in [5.41, 5.74) is 2.40. The number of hydrogen-bond acceptors (Lipinski definition) is 0. The van der Waals surface area contributed by atoms with Gasteiger partial charge in [-0.3, -0.25) is 0 Å². The van der Waals surface area contributed by atoms with Crippen molar-refractivity contribution in [1.29, 1.82) is 0 Å². The molecule has 0 nitrogen and oxygen atoms in total. The fourth-order valence-electron chi connectivity index (χ4n) is 4.32. The van der Waals surface area contributed by atoms with Crippen LogP contribution in [0.1, 0.15) is 50.5 Å². The van der Waals surface area contributed by atoms with Gasteiger partial charge in [0.1, 0.15) is 0 Å². The molecule has 3 heteroatoms. The summed E-state index contributed by atoms with van der Waals surface area (Å²) in [6.45, 7) is 2.28. The van der Waals surface area contributed by atoms with Crippen molar-refractivity contribution >= 4 is 10.8 Å². The second-order valence-corrected chi connectivity index (χ2v) is 7.70. The first-order chi connectivity index (χ1) is 13.0. The number of halogens is 3. The maximum atomic E-state index is 13.5. The second-order valence-electron chi connectivity index (χ2n) is 7.70. The summed E-state index contributed by atoms with van der Waals surface area (Å²) in [5.74, 6) is -2.26. The molecule has 0 atom stereocenters. The van der Waals surface area contributed by atoms with E-state index in [4.69, 9.17) is 0 Å². The Morgan fingerprint density at radius 2 is 1.37 bits per heavy atom. The van der Waals surface area contributed by atoms with E-state index in [2.05, 4.69) is 25.1 Å². The number of rotatable bonds is 3. The normalized spacial score (nSPS) is 20.1. The highest BCUT2D eigenvalue weighted by Gasteiger charge is 2.21. The molecule has 0 bridgehead atoms. The quantitative estimate of drug-likeness (QED) is 0.417. The summed E-state index contributed by atoms with van der Waals surface area (Å²) in [6.07, 6.45) is 6.38. The van der Waals surface area contributed by atoms with Crippen LogP contribution in [-0.2, 0) is 0 Å². The Hall–Kier alpha value is -2.29. The second kappa shape index (κ2) is 7.38. The van der Waals surface area contributed by atoms with E-state index in [1.807, 2.05) is 18.2 Å². The van der Waals surface area contributed by atoms with Gasteiger partial charge in [0.05, 0.1) is 0 Å². The largest absolute Gasteiger partial charge is 0.204 e. The van der Waals surface area contributed by atoms with Crippen LogP contribution in [0.5, 0.6) is 0 Å². The Morgan fingerprint density at radius 3 is 2.04 bits per heavy atom. The lowest BCUT2D eigenvalue weighted by Gasteiger charge is -2.28. The van der Waals surface area contributed by atoms with Crippen LogP contribution in [0.25, 0.3) is 21.9 Å². The smallest absolute Gasteiger partial charge is 0.194 e. The van der Waals surface area contributed by atoms with Gasteiger partial charge in [-0.2, -0.15) is 0 Å². The molecular formula is C24H23F3. The van der Waals surface area contributed by atoms with Crippen LogP contribution in [0.3, 0.4) is 0 Å². The molecule has 0 radical (unpaired) electrons. The van der Waals surface area contributed by atoms with E-state index < -0.39 is 17.5 Å². The molecule has 4 rings (SSSR count). The van der Waals surface area contributed by atoms with E-state index in [0.29, 0.717) is 17.0 Å². The predicted octanol–water partition coefficient (Wildman–Crippen LogP) is 7.61. The fourth-order valence-corrected chi connectivity index (χ4v) is 4.32. The van der Waals surface area contributed by atoms with Crippen molar-refractivity contribution in [2.75, 3.05) is 0 Å². The molecule has 0 heterocycles. The van der Waals surface area contributed by atoms with E-state index in [1.165, 1.54) is 37.7 Å². The zero-order valence-corrected chi connectivity index (χ0v) is 15.4. The summed E-state index contributed by atoms with van der Waals surface area (Å²) in [5, 5.41) is 2.14. The highest BCUT2D eigenvalue weighted by Crippen LogP contribution is 2.38. The Morgan fingerprint density at radius 1 is 0.741 bits per heavy atom. The highest BCUT2D eigenvalue weighted by atomic mass is 19.2. The SMILES string of the molecule is CC[C@H]1CC[C@H](c2ccc3cc(-c4cc(F)c(F)c(F)c4)ccc3c2)CC1. The van der Waals surface area contributed by atoms with E-state index in [0.717, 1.165) is 28.8 Å². The van der Waals surface area contributed by atoms with Crippen LogP contribution >= 0.6 is 0 Å². The average molecular weight is 368 g/mol. The third kappa shape index (κ3) is 3.60. The molecule has 0 saturated heterocycles. The van der Waals surface area contributed by atoms with E-state index in [9.17, 15) is 13.2 Å². The number of hydrogen-bond donors (Lipinski definition) is 0.